The highest BCUT2D eigenvalue weighted by atomic mass is 14.9. The molecule has 3 rings (SSSR count). The van der Waals surface area contributed by atoms with E-state index in [0.29, 0.717) is 5.41 Å². The van der Waals surface area contributed by atoms with Crippen LogP contribution in [0.2, 0.25) is 0 Å². The fourth-order valence-corrected chi connectivity index (χ4v) is 3.51. The molecule has 0 amide bonds. The standard InChI is InChI=1S/C16H24N2/c1-2-4-14(5-3-1)12-18-15-6-8-16(9-7-15)10-11-17-13-16/h1-5,15,17-18H,6-13H2. The van der Waals surface area contributed by atoms with Gasteiger partial charge in [-0.05, 0) is 49.6 Å². The van der Waals surface area contributed by atoms with Gasteiger partial charge >= 0.3 is 0 Å². The summed E-state index contributed by atoms with van der Waals surface area (Å²) in [6.07, 6.45) is 6.93. The summed E-state index contributed by atoms with van der Waals surface area (Å²) in [6, 6.07) is 11.5. The Bertz CT molecular complexity index is 358. The zero-order valence-electron chi connectivity index (χ0n) is 11.1. The van der Waals surface area contributed by atoms with E-state index >= 15 is 0 Å². The Labute approximate surface area is 110 Å². The van der Waals surface area contributed by atoms with E-state index in [1.807, 2.05) is 0 Å². The molecule has 1 aliphatic carbocycles. The molecular weight excluding hydrogens is 220 g/mol. The second-order valence-electron chi connectivity index (χ2n) is 6.07. The molecule has 0 bridgehead atoms. The third-order valence-electron chi connectivity index (χ3n) is 4.82. The van der Waals surface area contributed by atoms with Crippen LogP contribution in [0.15, 0.2) is 30.3 Å². The van der Waals surface area contributed by atoms with Crippen molar-refractivity contribution in [3.63, 3.8) is 0 Å². The Hall–Kier alpha value is -0.860. The fraction of sp³-hybridized carbons (Fsp3) is 0.625. The van der Waals surface area contributed by atoms with Gasteiger partial charge in [-0.2, -0.15) is 0 Å². The molecule has 1 saturated carbocycles. The van der Waals surface area contributed by atoms with E-state index in [1.54, 1.807) is 0 Å². The van der Waals surface area contributed by atoms with Crippen molar-refractivity contribution in [2.75, 3.05) is 13.1 Å². The molecule has 18 heavy (non-hydrogen) atoms. The normalized spacial score (nSPS) is 31.9. The second-order valence-corrected chi connectivity index (χ2v) is 6.07. The van der Waals surface area contributed by atoms with Gasteiger partial charge in [-0.25, -0.2) is 0 Å². The Balaban J connectivity index is 1.46. The van der Waals surface area contributed by atoms with E-state index in [9.17, 15) is 0 Å². The van der Waals surface area contributed by atoms with Gasteiger partial charge < -0.3 is 10.6 Å². The number of hydrogen-bond donors (Lipinski definition) is 2. The summed E-state index contributed by atoms with van der Waals surface area (Å²) in [5.74, 6) is 0. The zero-order valence-corrected chi connectivity index (χ0v) is 11.1. The van der Waals surface area contributed by atoms with Gasteiger partial charge in [0.15, 0.2) is 0 Å². The Morgan fingerprint density at radius 3 is 2.56 bits per heavy atom. The molecule has 1 saturated heterocycles. The first-order valence-corrected chi connectivity index (χ1v) is 7.34. The third kappa shape index (κ3) is 2.76. The highest BCUT2D eigenvalue weighted by Gasteiger charge is 2.37. The number of benzene rings is 1. The van der Waals surface area contributed by atoms with Crippen LogP contribution in [0, 0.1) is 5.41 Å². The lowest BCUT2D eigenvalue weighted by molar-refractivity contribution is 0.183. The summed E-state index contributed by atoms with van der Waals surface area (Å²) in [5.41, 5.74) is 2.06. The number of hydrogen-bond acceptors (Lipinski definition) is 2. The van der Waals surface area contributed by atoms with E-state index in [1.165, 1.54) is 50.8 Å². The zero-order chi connectivity index (χ0) is 12.3. The maximum Gasteiger partial charge on any atom is 0.0208 e. The summed E-state index contributed by atoms with van der Waals surface area (Å²) >= 11 is 0. The fourth-order valence-electron chi connectivity index (χ4n) is 3.51. The van der Waals surface area contributed by atoms with Gasteiger partial charge in [0.25, 0.3) is 0 Å². The van der Waals surface area contributed by atoms with Crippen LogP contribution >= 0.6 is 0 Å². The van der Waals surface area contributed by atoms with Crippen LogP contribution in [0.3, 0.4) is 0 Å². The highest BCUT2D eigenvalue weighted by Crippen LogP contribution is 2.40. The van der Waals surface area contributed by atoms with Crippen LogP contribution in [0.1, 0.15) is 37.7 Å². The summed E-state index contributed by atoms with van der Waals surface area (Å²) in [6.45, 7) is 3.53. The minimum absolute atomic E-state index is 0.658. The highest BCUT2D eigenvalue weighted by molar-refractivity contribution is 5.14. The molecule has 98 valence electrons. The summed E-state index contributed by atoms with van der Waals surface area (Å²) in [5, 5.41) is 7.26. The van der Waals surface area contributed by atoms with Crippen molar-refractivity contribution >= 4 is 0 Å². The van der Waals surface area contributed by atoms with Gasteiger partial charge in [-0.1, -0.05) is 30.3 Å². The van der Waals surface area contributed by atoms with E-state index in [2.05, 4.69) is 41.0 Å². The van der Waals surface area contributed by atoms with Crippen molar-refractivity contribution in [2.45, 2.75) is 44.7 Å². The molecule has 2 nitrogen and oxygen atoms in total. The van der Waals surface area contributed by atoms with Crippen LogP contribution in [-0.4, -0.2) is 19.1 Å². The molecule has 2 aliphatic rings. The Kier molecular flexibility index (Phi) is 3.67. The van der Waals surface area contributed by atoms with E-state index in [4.69, 9.17) is 0 Å². The van der Waals surface area contributed by atoms with Crippen molar-refractivity contribution in [3.05, 3.63) is 35.9 Å². The average molecular weight is 244 g/mol. The summed E-state index contributed by atoms with van der Waals surface area (Å²) in [7, 11) is 0. The first kappa shape index (κ1) is 12.2. The monoisotopic (exact) mass is 244 g/mol. The first-order valence-electron chi connectivity index (χ1n) is 7.34. The van der Waals surface area contributed by atoms with Crippen molar-refractivity contribution in [1.82, 2.24) is 10.6 Å². The van der Waals surface area contributed by atoms with Crippen molar-refractivity contribution in [3.8, 4) is 0 Å². The maximum atomic E-state index is 3.72. The van der Waals surface area contributed by atoms with E-state index in [-0.39, 0.29) is 0 Å². The minimum Gasteiger partial charge on any atom is -0.316 e. The quantitative estimate of drug-likeness (QED) is 0.854. The predicted molar refractivity (Wildman–Crippen MR) is 75.5 cm³/mol. The molecule has 0 radical (unpaired) electrons. The lowest BCUT2D eigenvalue weighted by atomic mass is 9.72. The molecule has 0 atom stereocenters. The Morgan fingerprint density at radius 1 is 1.11 bits per heavy atom. The molecule has 2 fully saturated rings. The van der Waals surface area contributed by atoms with Gasteiger partial charge in [0.1, 0.15) is 0 Å². The van der Waals surface area contributed by atoms with Crippen molar-refractivity contribution in [1.29, 1.82) is 0 Å². The summed E-state index contributed by atoms with van der Waals surface area (Å²) in [4.78, 5) is 0. The Morgan fingerprint density at radius 2 is 1.89 bits per heavy atom. The average Bonchev–Trinajstić information content (AvgIpc) is 2.88. The van der Waals surface area contributed by atoms with Gasteiger partial charge in [-0.3, -0.25) is 0 Å². The van der Waals surface area contributed by atoms with Gasteiger partial charge in [0.05, 0.1) is 0 Å². The lowest BCUT2D eigenvalue weighted by Gasteiger charge is -2.37. The van der Waals surface area contributed by atoms with E-state index < -0.39 is 0 Å². The van der Waals surface area contributed by atoms with Crippen LogP contribution in [0.5, 0.6) is 0 Å². The minimum atomic E-state index is 0.658. The molecule has 1 heterocycles. The first-order chi connectivity index (χ1) is 8.86. The van der Waals surface area contributed by atoms with Crippen LogP contribution in [0.4, 0.5) is 0 Å². The molecule has 0 aromatic heterocycles. The van der Waals surface area contributed by atoms with Crippen LogP contribution in [-0.2, 0) is 6.54 Å². The summed E-state index contributed by atoms with van der Waals surface area (Å²) < 4.78 is 0. The molecule has 2 heteroatoms. The van der Waals surface area contributed by atoms with Gasteiger partial charge in [-0.15, -0.1) is 0 Å². The number of nitrogens with one attached hydrogen (secondary N) is 2. The lowest BCUT2D eigenvalue weighted by Crippen LogP contribution is -2.38. The third-order valence-corrected chi connectivity index (χ3v) is 4.82. The van der Waals surface area contributed by atoms with Gasteiger partial charge in [0, 0.05) is 19.1 Å². The largest absolute Gasteiger partial charge is 0.316 e. The molecule has 1 aromatic carbocycles. The smallest absolute Gasteiger partial charge is 0.0208 e. The molecule has 0 unspecified atom stereocenters. The van der Waals surface area contributed by atoms with E-state index in [0.717, 1.165) is 12.6 Å². The molecule has 2 N–H and O–H groups in total. The SMILES string of the molecule is c1ccc(CNC2CCC3(CCNC3)CC2)cc1. The van der Waals surface area contributed by atoms with Crippen LogP contribution in [0.25, 0.3) is 0 Å². The number of rotatable bonds is 3. The van der Waals surface area contributed by atoms with Crippen LogP contribution < -0.4 is 10.6 Å². The second kappa shape index (κ2) is 5.41. The van der Waals surface area contributed by atoms with Gasteiger partial charge in [0.2, 0.25) is 0 Å². The topological polar surface area (TPSA) is 24.1 Å². The van der Waals surface area contributed by atoms with Crippen molar-refractivity contribution < 1.29 is 0 Å². The predicted octanol–water partition coefficient (Wildman–Crippen LogP) is 2.70. The maximum absolute atomic E-state index is 3.72. The molecule has 1 aliphatic heterocycles. The van der Waals surface area contributed by atoms with Crippen molar-refractivity contribution in [2.24, 2.45) is 5.41 Å². The molecule has 1 aromatic rings. The molecule has 1 spiro atoms. The molecular formula is C16H24N2.